The highest BCUT2D eigenvalue weighted by atomic mass is 16.5. The second kappa shape index (κ2) is 2.27. The molecule has 1 aliphatic rings. The van der Waals surface area contributed by atoms with Crippen molar-refractivity contribution in [2.45, 2.75) is 6.92 Å². The smallest absolute Gasteiger partial charge is 0.157 e. The molecule has 1 aromatic heterocycles. The Bertz CT molecular complexity index is 323. The Morgan fingerprint density at radius 1 is 1.45 bits per heavy atom. The molecule has 0 saturated carbocycles. The standard InChI is InChI=1S/C8H8N2O/c1-6-8-7(10-11-6)4-2-3-5-9-8/h2-5,9H,1H3. The van der Waals surface area contributed by atoms with Crippen molar-refractivity contribution in [2.24, 2.45) is 0 Å². The number of allylic oxidation sites excluding steroid dienone is 2. The average molecular weight is 148 g/mol. The first-order valence-electron chi connectivity index (χ1n) is 3.44. The highest BCUT2D eigenvalue weighted by Gasteiger charge is 2.08. The summed E-state index contributed by atoms with van der Waals surface area (Å²) in [5, 5.41) is 6.93. The summed E-state index contributed by atoms with van der Waals surface area (Å²) in [6.45, 7) is 1.88. The van der Waals surface area contributed by atoms with Gasteiger partial charge >= 0.3 is 0 Å². The van der Waals surface area contributed by atoms with Crippen LogP contribution in [0.2, 0.25) is 0 Å². The minimum absolute atomic E-state index is 0.816. The van der Waals surface area contributed by atoms with E-state index in [1.807, 2.05) is 31.4 Å². The number of aromatic nitrogens is 1. The first-order valence-corrected chi connectivity index (χ1v) is 3.44. The molecule has 0 aliphatic carbocycles. The second-order valence-electron chi connectivity index (χ2n) is 2.36. The third-order valence-electron chi connectivity index (χ3n) is 1.58. The van der Waals surface area contributed by atoms with Crippen LogP contribution in [-0.2, 0) is 0 Å². The predicted octanol–water partition coefficient (Wildman–Crippen LogP) is 1.94. The molecule has 0 aromatic carbocycles. The van der Waals surface area contributed by atoms with Crippen molar-refractivity contribution in [1.29, 1.82) is 0 Å². The summed E-state index contributed by atoms with van der Waals surface area (Å²) in [4.78, 5) is 0. The van der Waals surface area contributed by atoms with Gasteiger partial charge in [-0.25, -0.2) is 0 Å². The molecule has 3 nitrogen and oxygen atoms in total. The van der Waals surface area contributed by atoms with E-state index in [0.29, 0.717) is 0 Å². The lowest BCUT2D eigenvalue weighted by Gasteiger charge is -1.94. The van der Waals surface area contributed by atoms with Crippen LogP contribution in [0, 0.1) is 6.92 Å². The average Bonchev–Trinajstić information content (AvgIpc) is 2.25. The fourth-order valence-corrected chi connectivity index (χ4v) is 1.01. The van der Waals surface area contributed by atoms with Gasteiger partial charge in [-0.1, -0.05) is 11.2 Å². The van der Waals surface area contributed by atoms with E-state index in [4.69, 9.17) is 4.52 Å². The van der Waals surface area contributed by atoms with Gasteiger partial charge in [-0.2, -0.15) is 0 Å². The van der Waals surface area contributed by atoms with Crippen molar-refractivity contribution in [3.05, 3.63) is 29.8 Å². The fourth-order valence-electron chi connectivity index (χ4n) is 1.01. The van der Waals surface area contributed by atoms with Crippen LogP contribution in [0.1, 0.15) is 11.5 Å². The van der Waals surface area contributed by atoms with Crippen LogP contribution in [-0.4, -0.2) is 5.16 Å². The number of fused-ring (bicyclic) bond motifs is 1. The number of nitrogens with zero attached hydrogens (tertiary/aromatic N) is 1. The quantitative estimate of drug-likeness (QED) is 0.611. The molecule has 0 unspecified atom stereocenters. The van der Waals surface area contributed by atoms with Gasteiger partial charge in [-0.05, 0) is 19.1 Å². The molecule has 11 heavy (non-hydrogen) atoms. The van der Waals surface area contributed by atoms with E-state index >= 15 is 0 Å². The predicted molar refractivity (Wildman–Crippen MR) is 43.0 cm³/mol. The van der Waals surface area contributed by atoms with Gasteiger partial charge in [-0.3, -0.25) is 0 Å². The molecule has 2 heterocycles. The summed E-state index contributed by atoms with van der Waals surface area (Å²) in [5.41, 5.74) is 1.81. The van der Waals surface area contributed by atoms with Crippen molar-refractivity contribution >= 4 is 11.8 Å². The molecule has 3 heteroatoms. The lowest BCUT2D eigenvalue weighted by Crippen LogP contribution is -1.87. The van der Waals surface area contributed by atoms with Crippen LogP contribution in [0.25, 0.3) is 6.08 Å². The van der Waals surface area contributed by atoms with Crippen LogP contribution in [0.3, 0.4) is 0 Å². The van der Waals surface area contributed by atoms with Crippen molar-refractivity contribution in [2.75, 3.05) is 5.32 Å². The van der Waals surface area contributed by atoms with Gasteiger partial charge in [0.25, 0.3) is 0 Å². The van der Waals surface area contributed by atoms with Crippen molar-refractivity contribution < 1.29 is 4.52 Å². The van der Waals surface area contributed by atoms with Gasteiger partial charge in [0.1, 0.15) is 11.4 Å². The van der Waals surface area contributed by atoms with E-state index in [-0.39, 0.29) is 0 Å². The Balaban J connectivity index is 2.55. The first-order chi connectivity index (χ1) is 5.38. The van der Waals surface area contributed by atoms with Gasteiger partial charge in [-0.15, -0.1) is 0 Å². The number of anilines is 1. The third-order valence-corrected chi connectivity index (χ3v) is 1.58. The number of rotatable bonds is 0. The number of aryl methyl sites for hydroxylation is 1. The molecule has 0 atom stereocenters. The summed E-state index contributed by atoms with van der Waals surface area (Å²) >= 11 is 0. The lowest BCUT2D eigenvalue weighted by atomic mass is 10.3. The van der Waals surface area contributed by atoms with Gasteiger partial charge < -0.3 is 9.84 Å². The zero-order valence-corrected chi connectivity index (χ0v) is 6.16. The summed E-state index contributed by atoms with van der Waals surface area (Å²) in [6.07, 6.45) is 7.59. The molecular formula is C8H8N2O. The second-order valence-corrected chi connectivity index (χ2v) is 2.36. The SMILES string of the molecule is Cc1onc2c1NC=CC=C2. The Hall–Kier alpha value is -1.51. The van der Waals surface area contributed by atoms with Crippen molar-refractivity contribution in [3.8, 4) is 0 Å². The largest absolute Gasteiger partial charge is 0.359 e. The Kier molecular flexibility index (Phi) is 1.28. The minimum atomic E-state index is 0.816. The van der Waals surface area contributed by atoms with Crippen LogP contribution in [0.15, 0.2) is 22.9 Å². The van der Waals surface area contributed by atoms with E-state index in [1.54, 1.807) is 0 Å². The maximum Gasteiger partial charge on any atom is 0.157 e. The highest BCUT2D eigenvalue weighted by molar-refractivity contribution is 5.67. The highest BCUT2D eigenvalue weighted by Crippen LogP contribution is 2.22. The molecule has 2 rings (SSSR count). The summed E-state index contributed by atoms with van der Waals surface area (Å²) in [5.74, 6) is 0.816. The summed E-state index contributed by atoms with van der Waals surface area (Å²) in [6, 6.07) is 0. The number of hydrogen-bond acceptors (Lipinski definition) is 3. The number of hydrogen-bond donors (Lipinski definition) is 1. The van der Waals surface area contributed by atoms with E-state index in [9.17, 15) is 0 Å². The molecule has 1 aliphatic heterocycles. The lowest BCUT2D eigenvalue weighted by molar-refractivity contribution is 0.396. The molecule has 0 radical (unpaired) electrons. The fraction of sp³-hybridized carbons (Fsp3) is 0.125. The van der Waals surface area contributed by atoms with Crippen molar-refractivity contribution in [1.82, 2.24) is 5.16 Å². The topological polar surface area (TPSA) is 38.1 Å². The Morgan fingerprint density at radius 3 is 3.27 bits per heavy atom. The van der Waals surface area contributed by atoms with E-state index in [0.717, 1.165) is 17.1 Å². The maximum atomic E-state index is 4.98. The number of nitrogens with one attached hydrogen (secondary N) is 1. The molecule has 0 fully saturated rings. The zero-order valence-electron chi connectivity index (χ0n) is 6.16. The molecule has 1 aromatic rings. The summed E-state index contributed by atoms with van der Waals surface area (Å²) in [7, 11) is 0. The monoisotopic (exact) mass is 148 g/mol. The molecule has 1 N–H and O–H groups in total. The van der Waals surface area contributed by atoms with E-state index in [2.05, 4.69) is 10.5 Å². The van der Waals surface area contributed by atoms with Gasteiger partial charge in [0.2, 0.25) is 0 Å². The molecule has 0 bridgehead atoms. The zero-order chi connectivity index (χ0) is 7.68. The van der Waals surface area contributed by atoms with E-state index < -0.39 is 0 Å². The molecule has 0 amide bonds. The molecular weight excluding hydrogens is 140 g/mol. The van der Waals surface area contributed by atoms with Gasteiger partial charge in [0.15, 0.2) is 5.76 Å². The Morgan fingerprint density at radius 2 is 2.36 bits per heavy atom. The van der Waals surface area contributed by atoms with Crippen LogP contribution < -0.4 is 5.32 Å². The molecule has 0 spiro atoms. The Labute approximate surface area is 64.4 Å². The van der Waals surface area contributed by atoms with Gasteiger partial charge in [0.05, 0.1) is 0 Å². The summed E-state index contributed by atoms with van der Waals surface area (Å²) < 4.78 is 4.98. The van der Waals surface area contributed by atoms with Crippen molar-refractivity contribution in [3.63, 3.8) is 0 Å². The third kappa shape index (κ3) is 0.941. The van der Waals surface area contributed by atoms with Gasteiger partial charge in [0, 0.05) is 6.20 Å². The normalized spacial score (nSPS) is 13.9. The van der Waals surface area contributed by atoms with Crippen LogP contribution >= 0.6 is 0 Å². The molecule has 0 saturated heterocycles. The molecule has 56 valence electrons. The van der Waals surface area contributed by atoms with Crippen LogP contribution in [0.4, 0.5) is 5.69 Å². The van der Waals surface area contributed by atoms with E-state index in [1.165, 1.54) is 0 Å². The minimum Gasteiger partial charge on any atom is -0.359 e. The first kappa shape index (κ1) is 6.22. The maximum absolute atomic E-state index is 4.98. The van der Waals surface area contributed by atoms with Crippen LogP contribution in [0.5, 0.6) is 0 Å².